The minimum absolute atomic E-state index is 0. The number of unbranched alkanes of at least 4 members (excludes halogenated alkanes) is 8. The Bertz CT molecular complexity index is 312. The molecule has 0 aliphatic rings. The molecule has 0 aromatic carbocycles. The zero-order chi connectivity index (χ0) is 13.1. The van der Waals surface area contributed by atoms with Gasteiger partial charge >= 0.3 is 0 Å². The van der Waals surface area contributed by atoms with Crippen molar-refractivity contribution >= 4 is 0 Å². The van der Waals surface area contributed by atoms with Crippen molar-refractivity contribution in [2.75, 3.05) is 0 Å². The van der Waals surface area contributed by atoms with Crippen molar-refractivity contribution in [3.05, 3.63) is 30.1 Å². The molecule has 1 aromatic heterocycles. The Balaban J connectivity index is 0.00000324. The van der Waals surface area contributed by atoms with Gasteiger partial charge in [-0.25, -0.2) is 4.57 Å². The van der Waals surface area contributed by atoms with Gasteiger partial charge in [-0.2, -0.15) is 0 Å². The fourth-order valence-corrected chi connectivity index (χ4v) is 2.40. The van der Waals surface area contributed by atoms with Crippen LogP contribution in [-0.2, 0) is 6.54 Å². The van der Waals surface area contributed by atoms with E-state index in [1.54, 1.807) is 0 Å². The molecule has 0 spiro atoms. The van der Waals surface area contributed by atoms with Crippen LogP contribution in [0.15, 0.2) is 24.5 Å². The van der Waals surface area contributed by atoms with Gasteiger partial charge in [-0.3, -0.25) is 0 Å². The Hall–Kier alpha value is -0.560. The van der Waals surface area contributed by atoms with E-state index < -0.39 is 0 Å². The molecule has 19 heavy (non-hydrogen) atoms. The standard InChI is InChI=1S/C17H30N.ClH/c1-3-4-5-6-7-8-9-10-11-14-18-15-12-13-17(2)16-18;/h12-13,15-16H,3-11,14H2,1-2H3;1H/q+1;/p-1. The molecule has 1 nitrogen and oxygen atoms in total. The van der Waals surface area contributed by atoms with Crippen molar-refractivity contribution in [1.82, 2.24) is 0 Å². The van der Waals surface area contributed by atoms with Gasteiger partial charge in [-0.1, -0.05) is 51.9 Å². The number of aryl methyl sites for hydroxylation is 2. The van der Waals surface area contributed by atoms with E-state index in [9.17, 15) is 0 Å². The molecule has 2 heteroatoms. The van der Waals surface area contributed by atoms with Gasteiger partial charge in [0.15, 0.2) is 12.4 Å². The van der Waals surface area contributed by atoms with E-state index in [-0.39, 0.29) is 12.4 Å². The van der Waals surface area contributed by atoms with Crippen LogP contribution < -0.4 is 17.0 Å². The lowest BCUT2D eigenvalue weighted by Crippen LogP contribution is -3.00. The van der Waals surface area contributed by atoms with Crippen LogP contribution >= 0.6 is 0 Å². The quantitative estimate of drug-likeness (QED) is 0.456. The molecule has 0 amide bonds. The molecule has 0 N–H and O–H groups in total. The van der Waals surface area contributed by atoms with E-state index in [4.69, 9.17) is 0 Å². The van der Waals surface area contributed by atoms with E-state index >= 15 is 0 Å². The first-order valence-electron chi connectivity index (χ1n) is 7.78. The number of halogens is 1. The Kier molecular flexibility index (Phi) is 12.1. The molecule has 0 aliphatic heterocycles. The molecule has 1 heterocycles. The largest absolute Gasteiger partial charge is 1.00 e. The fourth-order valence-electron chi connectivity index (χ4n) is 2.40. The highest BCUT2D eigenvalue weighted by Crippen LogP contribution is 2.09. The number of hydrogen-bond donors (Lipinski definition) is 0. The zero-order valence-corrected chi connectivity index (χ0v) is 13.5. The highest BCUT2D eigenvalue weighted by Gasteiger charge is 1.99. The van der Waals surface area contributed by atoms with E-state index in [1.165, 1.54) is 69.9 Å². The number of rotatable bonds is 10. The summed E-state index contributed by atoms with van der Waals surface area (Å²) >= 11 is 0. The summed E-state index contributed by atoms with van der Waals surface area (Å²) in [4.78, 5) is 0. The van der Waals surface area contributed by atoms with Crippen LogP contribution in [0.2, 0.25) is 0 Å². The average molecular weight is 284 g/mol. The third-order valence-corrected chi connectivity index (χ3v) is 3.53. The maximum atomic E-state index is 2.32. The molecule has 0 aliphatic carbocycles. The summed E-state index contributed by atoms with van der Waals surface area (Å²) in [5, 5.41) is 0. The molecule has 0 bridgehead atoms. The molecule has 110 valence electrons. The zero-order valence-electron chi connectivity index (χ0n) is 12.7. The average Bonchev–Trinajstić information content (AvgIpc) is 2.37. The minimum Gasteiger partial charge on any atom is -1.00 e. The maximum Gasteiger partial charge on any atom is 0.171 e. The van der Waals surface area contributed by atoms with E-state index in [1.807, 2.05) is 0 Å². The summed E-state index contributed by atoms with van der Waals surface area (Å²) in [5.41, 5.74) is 1.36. The molecule has 0 fully saturated rings. The van der Waals surface area contributed by atoms with Crippen molar-refractivity contribution in [3.8, 4) is 0 Å². The summed E-state index contributed by atoms with van der Waals surface area (Å²) in [6.45, 7) is 5.62. The van der Waals surface area contributed by atoms with Crippen LogP contribution in [0.1, 0.15) is 70.3 Å². The van der Waals surface area contributed by atoms with Gasteiger partial charge < -0.3 is 12.4 Å². The predicted molar refractivity (Wildman–Crippen MR) is 78.6 cm³/mol. The number of hydrogen-bond acceptors (Lipinski definition) is 0. The summed E-state index contributed by atoms with van der Waals surface area (Å²) in [6.07, 6.45) is 17.1. The smallest absolute Gasteiger partial charge is 0.171 e. The highest BCUT2D eigenvalue weighted by molar-refractivity contribution is 5.01. The second kappa shape index (κ2) is 12.5. The molecular weight excluding hydrogens is 254 g/mol. The van der Waals surface area contributed by atoms with E-state index in [2.05, 4.69) is 42.9 Å². The third-order valence-electron chi connectivity index (χ3n) is 3.53. The molecule has 1 aromatic rings. The lowest BCUT2D eigenvalue weighted by Gasteiger charge is -2.01. The monoisotopic (exact) mass is 283 g/mol. The van der Waals surface area contributed by atoms with Crippen molar-refractivity contribution in [3.63, 3.8) is 0 Å². The second-order valence-corrected chi connectivity index (χ2v) is 5.45. The van der Waals surface area contributed by atoms with Crippen LogP contribution in [0.25, 0.3) is 0 Å². The number of pyridine rings is 1. The second-order valence-electron chi connectivity index (χ2n) is 5.45. The van der Waals surface area contributed by atoms with Crippen molar-refractivity contribution < 1.29 is 17.0 Å². The summed E-state index contributed by atoms with van der Waals surface area (Å²) < 4.78 is 2.32. The number of aromatic nitrogens is 1. The number of nitrogens with zero attached hydrogens (tertiary/aromatic N) is 1. The van der Waals surface area contributed by atoms with Gasteiger partial charge in [0.05, 0.1) is 0 Å². The van der Waals surface area contributed by atoms with Gasteiger partial charge in [0.25, 0.3) is 0 Å². The Labute approximate surface area is 125 Å². The highest BCUT2D eigenvalue weighted by atomic mass is 35.5. The van der Waals surface area contributed by atoms with Crippen LogP contribution in [0.3, 0.4) is 0 Å². The van der Waals surface area contributed by atoms with Gasteiger partial charge in [-0.15, -0.1) is 0 Å². The topological polar surface area (TPSA) is 3.88 Å². The van der Waals surface area contributed by atoms with E-state index in [0.29, 0.717) is 0 Å². The normalized spacial score (nSPS) is 10.2. The van der Waals surface area contributed by atoms with Crippen molar-refractivity contribution in [2.24, 2.45) is 0 Å². The third kappa shape index (κ3) is 9.95. The Morgan fingerprint density at radius 2 is 1.47 bits per heavy atom. The van der Waals surface area contributed by atoms with Crippen LogP contribution in [0, 0.1) is 6.92 Å². The fraction of sp³-hybridized carbons (Fsp3) is 0.706. The molecule has 0 saturated heterocycles. The minimum atomic E-state index is 0. The molecule has 0 atom stereocenters. The maximum absolute atomic E-state index is 2.32. The predicted octanol–water partition coefficient (Wildman–Crippen LogP) is 1.82. The van der Waals surface area contributed by atoms with Crippen molar-refractivity contribution in [1.29, 1.82) is 0 Å². The summed E-state index contributed by atoms with van der Waals surface area (Å²) in [5.74, 6) is 0. The first-order chi connectivity index (χ1) is 8.83. The Morgan fingerprint density at radius 1 is 0.895 bits per heavy atom. The van der Waals surface area contributed by atoms with Gasteiger partial charge in [0.2, 0.25) is 0 Å². The molecule has 1 rings (SSSR count). The molecule has 0 unspecified atom stereocenters. The van der Waals surface area contributed by atoms with Crippen LogP contribution in [0.5, 0.6) is 0 Å². The molecule has 0 saturated carbocycles. The molecule has 0 radical (unpaired) electrons. The summed E-state index contributed by atoms with van der Waals surface area (Å²) in [7, 11) is 0. The summed E-state index contributed by atoms with van der Waals surface area (Å²) in [6, 6.07) is 4.30. The first-order valence-corrected chi connectivity index (χ1v) is 7.78. The van der Waals surface area contributed by atoms with Crippen LogP contribution in [-0.4, -0.2) is 0 Å². The first kappa shape index (κ1) is 18.4. The van der Waals surface area contributed by atoms with Crippen LogP contribution in [0.4, 0.5) is 0 Å². The SMILES string of the molecule is CCCCCCCCCCC[n+]1cccc(C)c1.[Cl-]. The van der Waals surface area contributed by atoms with Gasteiger partial charge in [0.1, 0.15) is 6.54 Å². The van der Waals surface area contributed by atoms with E-state index in [0.717, 1.165) is 0 Å². The van der Waals surface area contributed by atoms with Gasteiger partial charge in [-0.05, 0) is 19.4 Å². The van der Waals surface area contributed by atoms with Crippen molar-refractivity contribution in [2.45, 2.75) is 78.2 Å². The van der Waals surface area contributed by atoms with Gasteiger partial charge in [0, 0.05) is 18.1 Å². The Morgan fingerprint density at radius 3 is 2.05 bits per heavy atom. The lowest BCUT2D eigenvalue weighted by molar-refractivity contribution is -0.697. The molecular formula is C17H30ClN. The lowest BCUT2D eigenvalue weighted by atomic mass is 10.1.